The molecule has 0 aliphatic rings. The molecule has 0 bridgehead atoms. The van der Waals surface area contributed by atoms with Crippen LogP contribution in [0.5, 0.6) is 11.6 Å². The first-order chi connectivity index (χ1) is 16.6. The molecule has 0 unspecified atom stereocenters. The molecular formula is C23H18F2N4O5S. The number of methoxy groups -OCH3 is 2. The van der Waals surface area contributed by atoms with E-state index in [0.29, 0.717) is 28.1 Å². The average molecular weight is 500 g/mol. The predicted octanol–water partition coefficient (Wildman–Crippen LogP) is 3.49. The van der Waals surface area contributed by atoms with Gasteiger partial charge in [-0.1, -0.05) is 6.07 Å². The summed E-state index contributed by atoms with van der Waals surface area (Å²) < 4.78 is 65.7. The minimum Gasteiger partial charge on any atom is -0.495 e. The molecule has 4 aromatic rings. The van der Waals surface area contributed by atoms with Crippen molar-refractivity contribution in [3.8, 4) is 22.8 Å². The number of halogens is 2. The van der Waals surface area contributed by atoms with E-state index >= 15 is 0 Å². The van der Waals surface area contributed by atoms with Crippen molar-refractivity contribution < 1.29 is 31.5 Å². The Bertz CT molecular complexity index is 1580. The Labute approximate surface area is 198 Å². The van der Waals surface area contributed by atoms with E-state index < -0.39 is 32.5 Å². The van der Waals surface area contributed by atoms with Crippen molar-refractivity contribution in [2.45, 2.75) is 4.90 Å². The zero-order valence-corrected chi connectivity index (χ0v) is 19.2. The minimum atomic E-state index is -4.45. The number of primary amides is 1. The minimum absolute atomic E-state index is 0.0732. The molecule has 0 saturated carbocycles. The lowest BCUT2D eigenvalue weighted by atomic mass is 10.0. The van der Waals surface area contributed by atoms with Gasteiger partial charge in [0.05, 0.1) is 19.7 Å². The van der Waals surface area contributed by atoms with Crippen molar-refractivity contribution in [3.63, 3.8) is 0 Å². The number of ether oxygens (including phenoxy) is 2. The summed E-state index contributed by atoms with van der Waals surface area (Å²) in [5, 5.41) is 0.493. The van der Waals surface area contributed by atoms with Gasteiger partial charge in [-0.25, -0.2) is 22.2 Å². The fourth-order valence-corrected chi connectivity index (χ4v) is 4.59. The molecule has 2 heterocycles. The maximum atomic E-state index is 14.1. The Hall–Kier alpha value is -4.32. The monoisotopic (exact) mass is 500 g/mol. The number of nitrogens with one attached hydrogen (secondary N) is 1. The van der Waals surface area contributed by atoms with Crippen molar-refractivity contribution in [1.82, 2.24) is 9.97 Å². The van der Waals surface area contributed by atoms with Crippen molar-refractivity contribution >= 4 is 32.5 Å². The normalized spacial score (nSPS) is 11.3. The Kier molecular flexibility index (Phi) is 6.22. The molecule has 180 valence electrons. The number of anilines is 1. The Balaban J connectivity index is 1.81. The molecule has 9 nitrogen and oxygen atoms in total. The van der Waals surface area contributed by atoms with E-state index in [1.54, 1.807) is 18.2 Å². The van der Waals surface area contributed by atoms with Crippen LogP contribution in [0.25, 0.3) is 22.0 Å². The van der Waals surface area contributed by atoms with E-state index in [-0.39, 0.29) is 22.9 Å². The Morgan fingerprint density at radius 1 is 0.971 bits per heavy atom. The van der Waals surface area contributed by atoms with Gasteiger partial charge < -0.3 is 15.2 Å². The zero-order chi connectivity index (χ0) is 25.3. The summed E-state index contributed by atoms with van der Waals surface area (Å²) >= 11 is 0. The summed E-state index contributed by atoms with van der Waals surface area (Å²) in [4.78, 5) is 19.4. The number of carbonyl (C=O) groups is 1. The van der Waals surface area contributed by atoms with Gasteiger partial charge >= 0.3 is 0 Å². The van der Waals surface area contributed by atoms with Gasteiger partial charge in [-0.05, 0) is 35.9 Å². The van der Waals surface area contributed by atoms with Crippen LogP contribution in [0.15, 0.2) is 59.8 Å². The molecule has 4 rings (SSSR count). The van der Waals surface area contributed by atoms with Gasteiger partial charge in [0, 0.05) is 29.4 Å². The lowest BCUT2D eigenvalue weighted by Gasteiger charge is -2.14. The van der Waals surface area contributed by atoms with Crippen molar-refractivity contribution in [2.24, 2.45) is 5.73 Å². The number of nitrogens with zero attached hydrogens (tertiary/aromatic N) is 2. The Morgan fingerprint density at radius 2 is 1.74 bits per heavy atom. The quantitative estimate of drug-likeness (QED) is 0.397. The summed E-state index contributed by atoms with van der Waals surface area (Å²) in [7, 11) is -1.76. The summed E-state index contributed by atoms with van der Waals surface area (Å²) in [5.41, 5.74) is 6.99. The van der Waals surface area contributed by atoms with E-state index in [9.17, 15) is 22.0 Å². The lowest BCUT2D eigenvalue weighted by molar-refractivity contribution is 0.0997. The highest BCUT2D eigenvalue weighted by Crippen LogP contribution is 2.34. The first-order valence-electron chi connectivity index (χ1n) is 9.93. The molecule has 0 spiro atoms. The lowest BCUT2D eigenvalue weighted by Crippen LogP contribution is -2.15. The standard InChI is InChI=1S/C23H18F2N4O5S/c1-33-21-15-7-12(3-5-18(15)27-11-16(21)22(26)30)13-8-19(23(34-2)28-10-13)29-35(31,32)20-6-4-14(24)9-17(20)25/h3-11,29H,1-2H3,(H2,26,30). The number of pyridine rings is 2. The number of hydrogen-bond acceptors (Lipinski definition) is 7. The van der Waals surface area contributed by atoms with Crippen molar-refractivity contribution in [1.29, 1.82) is 0 Å². The van der Waals surface area contributed by atoms with Crippen LogP contribution < -0.4 is 19.9 Å². The van der Waals surface area contributed by atoms with Gasteiger partial charge in [0.1, 0.15) is 33.5 Å². The smallest absolute Gasteiger partial charge is 0.264 e. The van der Waals surface area contributed by atoms with Crippen LogP contribution in [0.3, 0.4) is 0 Å². The molecule has 0 aliphatic heterocycles. The van der Waals surface area contributed by atoms with Crippen LogP contribution in [0, 0.1) is 11.6 Å². The number of amides is 1. The molecule has 2 aromatic heterocycles. The number of benzene rings is 2. The molecule has 12 heteroatoms. The number of sulfonamides is 1. The highest BCUT2D eigenvalue weighted by molar-refractivity contribution is 7.92. The van der Waals surface area contributed by atoms with Gasteiger partial charge in [-0.15, -0.1) is 0 Å². The highest BCUT2D eigenvalue weighted by atomic mass is 32.2. The average Bonchev–Trinajstić information content (AvgIpc) is 2.82. The van der Waals surface area contributed by atoms with E-state index in [2.05, 4.69) is 14.7 Å². The fourth-order valence-electron chi connectivity index (χ4n) is 3.48. The molecule has 0 radical (unpaired) electrons. The van der Waals surface area contributed by atoms with Gasteiger partial charge in [0.25, 0.3) is 15.9 Å². The molecule has 2 aromatic carbocycles. The SMILES string of the molecule is COc1ncc(-c2ccc3ncc(C(N)=O)c(OC)c3c2)cc1NS(=O)(=O)c1ccc(F)cc1F. The summed E-state index contributed by atoms with van der Waals surface area (Å²) in [5.74, 6) is -2.71. The van der Waals surface area contributed by atoms with E-state index in [4.69, 9.17) is 15.2 Å². The number of fused-ring (bicyclic) bond motifs is 1. The molecule has 0 fully saturated rings. The molecule has 1 amide bonds. The van der Waals surface area contributed by atoms with E-state index in [1.165, 1.54) is 32.7 Å². The van der Waals surface area contributed by atoms with Crippen LogP contribution in [0.4, 0.5) is 14.5 Å². The van der Waals surface area contributed by atoms with Gasteiger partial charge in [-0.3, -0.25) is 14.5 Å². The van der Waals surface area contributed by atoms with Crippen LogP contribution in [-0.2, 0) is 10.0 Å². The first kappa shape index (κ1) is 23.8. The fraction of sp³-hybridized carbons (Fsp3) is 0.0870. The second kappa shape index (κ2) is 9.14. The number of nitrogens with two attached hydrogens (primary N) is 1. The molecule has 3 N–H and O–H groups in total. The second-order valence-corrected chi connectivity index (χ2v) is 8.91. The summed E-state index contributed by atoms with van der Waals surface area (Å²) in [6.45, 7) is 0. The van der Waals surface area contributed by atoms with Crippen LogP contribution in [0.2, 0.25) is 0 Å². The largest absolute Gasteiger partial charge is 0.495 e. The number of carbonyl (C=O) groups excluding carboxylic acids is 1. The molecular weight excluding hydrogens is 482 g/mol. The summed E-state index contributed by atoms with van der Waals surface area (Å²) in [6.07, 6.45) is 2.76. The Morgan fingerprint density at radius 3 is 2.40 bits per heavy atom. The molecule has 35 heavy (non-hydrogen) atoms. The van der Waals surface area contributed by atoms with Crippen LogP contribution in [-0.4, -0.2) is 38.5 Å². The molecule has 0 aliphatic carbocycles. The van der Waals surface area contributed by atoms with Gasteiger partial charge in [-0.2, -0.15) is 0 Å². The molecule has 0 saturated heterocycles. The zero-order valence-electron chi connectivity index (χ0n) is 18.4. The maximum absolute atomic E-state index is 14.1. The third kappa shape index (κ3) is 4.55. The number of hydrogen-bond donors (Lipinski definition) is 2. The van der Waals surface area contributed by atoms with Crippen molar-refractivity contribution in [2.75, 3.05) is 18.9 Å². The van der Waals surface area contributed by atoms with Crippen LogP contribution >= 0.6 is 0 Å². The first-order valence-corrected chi connectivity index (χ1v) is 11.4. The van der Waals surface area contributed by atoms with Crippen LogP contribution in [0.1, 0.15) is 10.4 Å². The highest BCUT2D eigenvalue weighted by Gasteiger charge is 2.22. The molecule has 0 atom stereocenters. The second-order valence-electron chi connectivity index (χ2n) is 7.26. The number of rotatable bonds is 7. The van der Waals surface area contributed by atoms with Gasteiger partial charge in [0.15, 0.2) is 0 Å². The third-order valence-corrected chi connectivity index (χ3v) is 6.49. The third-order valence-electron chi connectivity index (χ3n) is 5.09. The van der Waals surface area contributed by atoms with E-state index in [1.807, 2.05) is 0 Å². The number of aromatic nitrogens is 2. The van der Waals surface area contributed by atoms with E-state index in [0.717, 1.165) is 12.1 Å². The van der Waals surface area contributed by atoms with Gasteiger partial charge in [0.2, 0.25) is 5.88 Å². The van der Waals surface area contributed by atoms with Crippen molar-refractivity contribution in [3.05, 3.63) is 72.1 Å². The topological polar surface area (TPSA) is 134 Å². The maximum Gasteiger partial charge on any atom is 0.264 e. The summed E-state index contributed by atoms with van der Waals surface area (Å²) in [6, 6.07) is 8.62. The predicted molar refractivity (Wildman–Crippen MR) is 124 cm³/mol.